The molecule has 0 saturated heterocycles. The van der Waals surface area contributed by atoms with Crippen LogP contribution in [0.25, 0.3) is 11.4 Å². The number of anilines is 1. The Balaban J connectivity index is 1.71. The molecule has 1 N–H and O–H groups in total. The minimum atomic E-state index is 0.389. The van der Waals surface area contributed by atoms with Gasteiger partial charge in [-0.05, 0) is 40.9 Å². The summed E-state index contributed by atoms with van der Waals surface area (Å²) in [6, 6.07) is 8.04. The number of aromatic nitrogens is 2. The van der Waals surface area contributed by atoms with Crippen LogP contribution in [0, 0.1) is 0 Å². The highest BCUT2D eigenvalue weighted by Gasteiger charge is 2.16. The number of hydrogen-bond acceptors (Lipinski definition) is 7. The Morgan fingerprint density at radius 2 is 2.13 bits per heavy atom. The summed E-state index contributed by atoms with van der Waals surface area (Å²) in [7, 11) is 3.18. The van der Waals surface area contributed by atoms with Crippen LogP contribution < -0.4 is 14.8 Å². The second kappa shape index (κ2) is 7.15. The van der Waals surface area contributed by atoms with Gasteiger partial charge >= 0.3 is 6.01 Å². The van der Waals surface area contributed by atoms with Gasteiger partial charge in [-0.2, -0.15) is 16.3 Å². The summed E-state index contributed by atoms with van der Waals surface area (Å²) in [5.41, 5.74) is 2.01. The van der Waals surface area contributed by atoms with Crippen molar-refractivity contribution in [3.8, 4) is 22.9 Å². The van der Waals surface area contributed by atoms with Crippen LogP contribution >= 0.6 is 11.3 Å². The first kappa shape index (κ1) is 15.4. The molecule has 0 aliphatic rings. The summed E-state index contributed by atoms with van der Waals surface area (Å²) in [6.45, 7) is 0.730. The zero-order valence-corrected chi connectivity index (χ0v) is 13.7. The molecule has 6 nitrogen and oxygen atoms in total. The molecule has 3 aromatic rings. The molecule has 120 valence electrons. The van der Waals surface area contributed by atoms with Crippen LogP contribution in [0.15, 0.2) is 39.5 Å². The fourth-order valence-electron chi connectivity index (χ4n) is 2.22. The molecule has 0 radical (unpaired) electrons. The molecule has 2 aromatic heterocycles. The number of thiophene rings is 1. The first-order chi connectivity index (χ1) is 11.3. The van der Waals surface area contributed by atoms with Gasteiger partial charge in [-0.15, -0.1) is 0 Å². The van der Waals surface area contributed by atoms with E-state index >= 15 is 0 Å². The van der Waals surface area contributed by atoms with Gasteiger partial charge in [-0.25, -0.2) is 0 Å². The molecule has 0 atom stereocenters. The predicted molar refractivity (Wildman–Crippen MR) is 89.4 cm³/mol. The van der Waals surface area contributed by atoms with Gasteiger partial charge in [0.15, 0.2) is 11.5 Å². The average molecular weight is 331 g/mol. The monoisotopic (exact) mass is 331 g/mol. The summed E-state index contributed by atoms with van der Waals surface area (Å²) in [5.74, 6) is 1.67. The van der Waals surface area contributed by atoms with Crippen molar-refractivity contribution >= 4 is 17.4 Å². The molecule has 0 fully saturated rings. The Morgan fingerprint density at radius 3 is 2.87 bits per heavy atom. The lowest BCUT2D eigenvalue weighted by atomic mass is 10.2. The van der Waals surface area contributed by atoms with Gasteiger partial charge in [0, 0.05) is 6.54 Å². The summed E-state index contributed by atoms with van der Waals surface area (Å²) in [6.07, 6.45) is 0.906. The number of nitrogens with zero attached hydrogens (tertiary/aromatic N) is 2. The highest BCUT2D eigenvalue weighted by atomic mass is 32.1. The summed E-state index contributed by atoms with van der Waals surface area (Å²) < 4.78 is 15.9. The third-order valence-corrected chi connectivity index (χ3v) is 4.07. The van der Waals surface area contributed by atoms with Crippen molar-refractivity contribution in [1.29, 1.82) is 0 Å². The molecule has 0 aliphatic heterocycles. The van der Waals surface area contributed by atoms with Crippen LogP contribution in [0.3, 0.4) is 0 Å². The first-order valence-corrected chi connectivity index (χ1v) is 8.06. The minimum absolute atomic E-state index is 0.389. The van der Waals surface area contributed by atoms with Crippen LogP contribution in [0.1, 0.15) is 5.56 Å². The maximum atomic E-state index is 5.40. The quantitative estimate of drug-likeness (QED) is 0.715. The second-order valence-electron chi connectivity index (χ2n) is 4.77. The lowest BCUT2D eigenvalue weighted by molar-refractivity contribution is 0.355. The van der Waals surface area contributed by atoms with E-state index in [9.17, 15) is 0 Å². The lowest BCUT2D eigenvalue weighted by Crippen LogP contribution is -2.04. The zero-order valence-electron chi connectivity index (χ0n) is 12.9. The second-order valence-corrected chi connectivity index (χ2v) is 5.55. The number of para-hydroxylation sites is 1. The van der Waals surface area contributed by atoms with Gasteiger partial charge in [0.1, 0.15) is 0 Å². The molecule has 0 spiro atoms. The highest BCUT2D eigenvalue weighted by molar-refractivity contribution is 7.07. The molecule has 7 heteroatoms. The molecule has 0 amide bonds. The van der Waals surface area contributed by atoms with Gasteiger partial charge in [-0.3, -0.25) is 0 Å². The summed E-state index contributed by atoms with van der Waals surface area (Å²) >= 11 is 1.69. The fraction of sp³-hybridized carbons (Fsp3) is 0.250. The SMILES string of the molecule is COc1cccc(-c2noc(NCCc3ccsc3)n2)c1OC. The van der Waals surface area contributed by atoms with E-state index in [2.05, 4.69) is 32.3 Å². The van der Waals surface area contributed by atoms with Crippen LogP contribution in [-0.4, -0.2) is 30.9 Å². The Kier molecular flexibility index (Phi) is 4.77. The standard InChI is InChI=1S/C16H17N3O3S/c1-20-13-5-3-4-12(14(13)21-2)15-18-16(22-19-15)17-8-6-11-7-9-23-10-11/h3-5,7,9-10H,6,8H2,1-2H3,(H,17,18,19). The van der Waals surface area contributed by atoms with E-state index in [0.717, 1.165) is 18.5 Å². The zero-order chi connectivity index (χ0) is 16.1. The summed E-state index contributed by atoms with van der Waals surface area (Å²) in [5, 5.41) is 11.3. The van der Waals surface area contributed by atoms with Crippen molar-refractivity contribution < 1.29 is 14.0 Å². The third kappa shape index (κ3) is 3.45. The topological polar surface area (TPSA) is 69.4 Å². The van der Waals surface area contributed by atoms with Gasteiger partial charge in [0.25, 0.3) is 0 Å². The molecular weight excluding hydrogens is 314 g/mol. The van der Waals surface area contributed by atoms with Crippen molar-refractivity contribution in [1.82, 2.24) is 10.1 Å². The van der Waals surface area contributed by atoms with Crippen molar-refractivity contribution in [2.24, 2.45) is 0 Å². The average Bonchev–Trinajstić information content (AvgIpc) is 3.26. The van der Waals surface area contributed by atoms with Crippen molar-refractivity contribution in [2.45, 2.75) is 6.42 Å². The van der Waals surface area contributed by atoms with Crippen LogP contribution in [0.5, 0.6) is 11.5 Å². The van der Waals surface area contributed by atoms with Crippen molar-refractivity contribution in [3.63, 3.8) is 0 Å². The highest BCUT2D eigenvalue weighted by Crippen LogP contribution is 2.36. The number of hydrogen-bond donors (Lipinski definition) is 1. The van der Waals surface area contributed by atoms with Crippen LogP contribution in [-0.2, 0) is 6.42 Å². The Bertz CT molecular complexity index is 756. The number of rotatable bonds is 7. The van der Waals surface area contributed by atoms with Crippen LogP contribution in [0.4, 0.5) is 6.01 Å². The Morgan fingerprint density at radius 1 is 1.22 bits per heavy atom. The van der Waals surface area contributed by atoms with E-state index in [1.807, 2.05) is 18.2 Å². The molecule has 0 aliphatic carbocycles. The molecule has 3 rings (SSSR count). The normalized spacial score (nSPS) is 10.5. The number of nitrogens with one attached hydrogen (secondary N) is 1. The van der Waals surface area contributed by atoms with E-state index in [-0.39, 0.29) is 0 Å². The Hall–Kier alpha value is -2.54. The molecule has 0 unspecified atom stereocenters. The van der Waals surface area contributed by atoms with Gasteiger partial charge in [0.05, 0.1) is 19.8 Å². The minimum Gasteiger partial charge on any atom is -0.493 e. The smallest absolute Gasteiger partial charge is 0.321 e. The van der Waals surface area contributed by atoms with Crippen molar-refractivity contribution in [2.75, 3.05) is 26.1 Å². The van der Waals surface area contributed by atoms with Gasteiger partial charge in [-0.1, -0.05) is 11.2 Å². The molecule has 23 heavy (non-hydrogen) atoms. The molecule has 0 bridgehead atoms. The van der Waals surface area contributed by atoms with Gasteiger partial charge in [0.2, 0.25) is 5.82 Å². The largest absolute Gasteiger partial charge is 0.493 e. The number of benzene rings is 1. The van der Waals surface area contributed by atoms with E-state index in [1.165, 1.54) is 5.56 Å². The summed E-state index contributed by atoms with van der Waals surface area (Å²) in [4.78, 5) is 4.36. The Labute approximate surface area is 138 Å². The number of methoxy groups -OCH3 is 2. The fourth-order valence-corrected chi connectivity index (χ4v) is 2.92. The van der Waals surface area contributed by atoms with E-state index in [4.69, 9.17) is 14.0 Å². The first-order valence-electron chi connectivity index (χ1n) is 7.12. The lowest BCUT2D eigenvalue weighted by Gasteiger charge is -2.09. The molecule has 2 heterocycles. The van der Waals surface area contributed by atoms with Gasteiger partial charge < -0.3 is 19.3 Å². The van der Waals surface area contributed by atoms with E-state index in [0.29, 0.717) is 23.3 Å². The molecular formula is C16H17N3O3S. The van der Waals surface area contributed by atoms with Crippen molar-refractivity contribution in [3.05, 3.63) is 40.6 Å². The molecule has 1 aromatic carbocycles. The predicted octanol–water partition coefficient (Wildman–Crippen LogP) is 3.47. The number of ether oxygens (including phenoxy) is 2. The molecule has 0 saturated carbocycles. The maximum Gasteiger partial charge on any atom is 0.321 e. The van der Waals surface area contributed by atoms with E-state index in [1.54, 1.807) is 25.6 Å². The third-order valence-electron chi connectivity index (χ3n) is 3.34. The van der Waals surface area contributed by atoms with Crippen LogP contribution in [0.2, 0.25) is 0 Å². The maximum absolute atomic E-state index is 5.40. The van der Waals surface area contributed by atoms with E-state index < -0.39 is 0 Å².